The standard InChI is InChI=1S/C22H28F3N5O2/c1-12(2)21-28-17(13-7-18(20(26)27-8-13)32-22(23,24)25)11-30(21)19-15-9-29(10-16(15)19)14-3-5-31-6-4-14/h7-8,11-12,14-16,19H,3-6,9-10H2,1-2H3,(H2,26,27). The van der Waals surface area contributed by atoms with Gasteiger partial charge in [0, 0.05) is 62.3 Å². The average Bonchev–Trinajstić information content (AvgIpc) is 3.09. The van der Waals surface area contributed by atoms with Crippen LogP contribution in [0.3, 0.4) is 0 Å². The topological polar surface area (TPSA) is 78.4 Å². The fraction of sp³-hybridized carbons (Fsp3) is 0.636. The number of nitrogens with two attached hydrogens (primary N) is 1. The van der Waals surface area contributed by atoms with Crippen molar-refractivity contribution in [2.24, 2.45) is 11.8 Å². The van der Waals surface area contributed by atoms with Crippen LogP contribution in [0, 0.1) is 11.8 Å². The molecular formula is C22H28F3N5O2. The molecular weight excluding hydrogens is 423 g/mol. The molecule has 0 radical (unpaired) electrons. The van der Waals surface area contributed by atoms with E-state index >= 15 is 0 Å². The van der Waals surface area contributed by atoms with Crippen LogP contribution in [0.5, 0.6) is 5.75 Å². The first-order valence-corrected chi connectivity index (χ1v) is 11.1. The summed E-state index contributed by atoms with van der Waals surface area (Å²) in [4.78, 5) is 11.3. The first kappa shape index (κ1) is 21.5. The Kier molecular flexibility index (Phi) is 5.32. The van der Waals surface area contributed by atoms with E-state index in [-0.39, 0.29) is 11.7 Å². The number of aromatic nitrogens is 3. The van der Waals surface area contributed by atoms with Crippen LogP contribution in [0.2, 0.25) is 0 Å². The van der Waals surface area contributed by atoms with Crippen molar-refractivity contribution in [3.05, 3.63) is 24.3 Å². The lowest BCUT2D eigenvalue weighted by molar-refractivity contribution is -0.274. The van der Waals surface area contributed by atoms with Crippen molar-refractivity contribution in [3.63, 3.8) is 0 Å². The highest BCUT2D eigenvalue weighted by atomic mass is 19.4. The van der Waals surface area contributed by atoms with Gasteiger partial charge in [-0.3, -0.25) is 4.90 Å². The van der Waals surface area contributed by atoms with Crippen LogP contribution in [0.15, 0.2) is 18.5 Å². The van der Waals surface area contributed by atoms with E-state index in [1.807, 2.05) is 6.20 Å². The summed E-state index contributed by atoms with van der Waals surface area (Å²) in [7, 11) is 0. The van der Waals surface area contributed by atoms with Gasteiger partial charge in [0.05, 0.1) is 5.69 Å². The number of hydrogen-bond acceptors (Lipinski definition) is 6. The number of halogens is 3. The number of imidazole rings is 1. The molecule has 7 nitrogen and oxygen atoms in total. The van der Waals surface area contributed by atoms with Crippen LogP contribution in [-0.4, -0.2) is 58.1 Å². The summed E-state index contributed by atoms with van der Waals surface area (Å²) in [5, 5.41) is 0. The van der Waals surface area contributed by atoms with Gasteiger partial charge in [-0.15, -0.1) is 13.2 Å². The van der Waals surface area contributed by atoms with Crippen LogP contribution < -0.4 is 10.5 Å². The van der Waals surface area contributed by atoms with Gasteiger partial charge in [-0.05, 0) is 30.7 Å². The molecule has 32 heavy (non-hydrogen) atoms. The van der Waals surface area contributed by atoms with Gasteiger partial charge in [0.1, 0.15) is 5.82 Å². The Morgan fingerprint density at radius 3 is 2.50 bits per heavy atom. The Hall–Kier alpha value is -2.33. The molecule has 0 amide bonds. The lowest BCUT2D eigenvalue weighted by atomic mass is 10.1. The van der Waals surface area contributed by atoms with Crippen LogP contribution in [0.25, 0.3) is 11.3 Å². The summed E-state index contributed by atoms with van der Waals surface area (Å²) in [5.74, 6) is 1.49. The molecule has 2 aliphatic heterocycles. The van der Waals surface area contributed by atoms with Crippen molar-refractivity contribution in [2.75, 3.05) is 32.0 Å². The molecule has 2 unspecified atom stereocenters. The molecule has 0 bridgehead atoms. The molecule has 2 aromatic rings. The van der Waals surface area contributed by atoms with Gasteiger partial charge in [0.2, 0.25) is 0 Å². The number of alkyl halides is 3. The molecule has 0 aromatic carbocycles. The maximum atomic E-state index is 12.7. The molecule has 10 heteroatoms. The molecule has 3 fully saturated rings. The third-order valence-electron chi connectivity index (χ3n) is 6.89. The third-order valence-corrected chi connectivity index (χ3v) is 6.89. The number of nitrogen functional groups attached to an aromatic ring is 1. The Balaban J connectivity index is 1.36. The fourth-order valence-electron chi connectivity index (χ4n) is 5.30. The molecule has 5 rings (SSSR count). The van der Waals surface area contributed by atoms with E-state index in [9.17, 15) is 13.2 Å². The van der Waals surface area contributed by atoms with Crippen LogP contribution >= 0.6 is 0 Å². The van der Waals surface area contributed by atoms with E-state index in [0.29, 0.717) is 35.2 Å². The number of pyridine rings is 1. The quantitative estimate of drug-likeness (QED) is 0.745. The second-order valence-electron chi connectivity index (χ2n) is 9.32. The predicted octanol–water partition coefficient (Wildman–Crippen LogP) is 3.83. The van der Waals surface area contributed by atoms with Crippen LogP contribution in [-0.2, 0) is 4.74 Å². The maximum Gasteiger partial charge on any atom is 0.573 e. The minimum absolute atomic E-state index is 0.185. The van der Waals surface area contributed by atoms with Gasteiger partial charge in [0.25, 0.3) is 0 Å². The summed E-state index contributed by atoms with van der Waals surface area (Å²) in [5.41, 5.74) is 6.61. The minimum atomic E-state index is -4.83. The number of ether oxygens (including phenoxy) is 2. The highest BCUT2D eigenvalue weighted by molar-refractivity contribution is 5.64. The van der Waals surface area contributed by atoms with Crippen molar-refractivity contribution in [3.8, 4) is 17.0 Å². The average molecular weight is 451 g/mol. The summed E-state index contributed by atoms with van der Waals surface area (Å²) in [6.07, 6.45) is 0.752. The van der Waals surface area contributed by atoms with Gasteiger partial charge < -0.3 is 19.8 Å². The Morgan fingerprint density at radius 2 is 1.88 bits per heavy atom. The second kappa shape index (κ2) is 7.91. The van der Waals surface area contributed by atoms with E-state index in [0.717, 1.165) is 45.0 Å². The fourth-order valence-corrected chi connectivity index (χ4v) is 5.30. The van der Waals surface area contributed by atoms with Crippen molar-refractivity contribution in [1.82, 2.24) is 19.4 Å². The van der Waals surface area contributed by atoms with Crippen molar-refractivity contribution >= 4 is 5.82 Å². The number of likely N-dealkylation sites (tertiary alicyclic amines) is 1. The number of fused-ring (bicyclic) bond motifs is 1. The number of piperidine rings is 1. The Bertz CT molecular complexity index is 974. The first-order chi connectivity index (χ1) is 15.2. The van der Waals surface area contributed by atoms with Gasteiger partial charge in [0.15, 0.2) is 11.6 Å². The SMILES string of the molecule is CC(C)c1nc(-c2cnc(N)c(OC(F)(F)F)c2)cn1C1C2CN(C3CCOCC3)CC21. The van der Waals surface area contributed by atoms with Gasteiger partial charge in [-0.1, -0.05) is 13.8 Å². The van der Waals surface area contributed by atoms with Gasteiger partial charge in [-0.25, -0.2) is 9.97 Å². The maximum absolute atomic E-state index is 12.7. The molecule has 174 valence electrons. The van der Waals surface area contributed by atoms with Crippen molar-refractivity contribution < 1.29 is 22.6 Å². The zero-order valence-electron chi connectivity index (χ0n) is 18.2. The monoisotopic (exact) mass is 451 g/mol. The first-order valence-electron chi connectivity index (χ1n) is 11.1. The molecule has 3 aliphatic rings. The summed E-state index contributed by atoms with van der Waals surface area (Å²) >= 11 is 0. The highest BCUT2D eigenvalue weighted by Crippen LogP contribution is 2.57. The lowest BCUT2D eigenvalue weighted by Gasteiger charge is -2.32. The number of rotatable bonds is 5. The Morgan fingerprint density at radius 1 is 1.19 bits per heavy atom. The predicted molar refractivity (Wildman–Crippen MR) is 112 cm³/mol. The molecule has 1 saturated carbocycles. The number of hydrogen-bond donors (Lipinski definition) is 1. The van der Waals surface area contributed by atoms with E-state index in [1.54, 1.807) is 0 Å². The molecule has 1 aliphatic carbocycles. The van der Waals surface area contributed by atoms with E-state index in [2.05, 4.69) is 33.0 Å². The Labute approximate surface area is 184 Å². The summed E-state index contributed by atoms with van der Waals surface area (Å²) < 4.78 is 49.9. The van der Waals surface area contributed by atoms with Crippen molar-refractivity contribution in [1.29, 1.82) is 0 Å². The highest BCUT2D eigenvalue weighted by Gasteiger charge is 2.58. The van der Waals surface area contributed by atoms with Crippen LogP contribution in [0.1, 0.15) is 44.5 Å². The van der Waals surface area contributed by atoms with Gasteiger partial charge in [-0.2, -0.15) is 0 Å². The molecule has 4 heterocycles. The molecule has 2 N–H and O–H groups in total. The summed E-state index contributed by atoms with van der Waals surface area (Å²) in [6, 6.07) is 2.26. The number of nitrogens with zero attached hydrogens (tertiary/aromatic N) is 4. The lowest BCUT2D eigenvalue weighted by Crippen LogP contribution is -2.39. The minimum Gasteiger partial charge on any atom is -0.402 e. The number of anilines is 1. The largest absolute Gasteiger partial charge is 0.573 e. The van der Waals surface area contributed by atoms with Gasteiger partial charge >= 0.3 is 6.36 Å². The summed E-state index contributed by atoms with van der Waals surface area (Å²) in [6.45, 7) is 8.01. The van der Waals surface area contributed by atoms with E-state index < -0.39 is 12.1 Å². The third kappa shape index (κ3) is 4.05. The van der Waals surface area contributed by atoms with E-state index in [4.69, 9.17) is 15.5 Å². The van der Waals surface area contributed by atoms with E-state index in [1.165, 1.54) is 12.3 Å². The second-order valence-corrected chi connectivity index (χ2v) is 9.32. The zero-order valence-corrected chi connectivity index (χ0v) is 18.2. The van der Waals surface area contributed by atoms with Crippen molar-refractivity contribution in [2.45, 2.75) is 51.1 Å². The molecule has 2 atom stereocenters. The zero-order chi connectivity index (χ0) is 22.6. The van der Waals surface area contributed by atoms with Crippen LogP contribution in [0.4, 0.5) is 19.0 Å². The smallest absolute Gasteiger partial charge is 0.402 e. The normalized spacial score (nSPS) is 26.5. The molecule has 0 spiro atoms. The molecule has 2 aromatic heterocycles. The molecule has 2 saturated heterocycles.